The number of imidazole rings is 1. The van der Waals surface area contributed by atoms with Crippen LogP contribution < -0.4 is 4.74 Å². The van der Waals surface area contributed by atoms with Gasteiger partial charge in [-0.15, -0.1) is 0 Å². The quantitative estimate of drug-likeness (QED) is 0.780. The van der Waals surface area contributed by atoms with Gasteiger partial charge in [0.15, 0.2) is 0 Å². The Morgan fingerprint density at radius 3 is 2.52 bits per heavy atom. The number of aliphatic hydroxyl groups is 1. The van der Waals surface area contributed by atoms with Crippen LogP contribution in [-0.4, -0.2) is 21.3 Å². The van der Waals surface area contributed by atoms with E-state index in [2.05, 4.69) is 24.9 Å². The average molecular weight is 310 g/mol. The van der Waals surface area contributed by atoms with Gasteiger partial charge in [-0.25, -0.2) is 4.98 Å². The Kier molecular flexibility index (Phi) is 4.35. The fourth-order valence-corrected chi connectivity index (χ4v) is 2.92. The lowest BCUT2D eigenvalue weighted by atomic mass is 10.1. The number of aromatic nitrogens is 2. The van der Waals surface area contributed by atoms with Gasteiger partial charge in [0.1, 0.15) is 24.3 Å². The zero-order valence-electron chi connectivity index (χ0n) is 13.8. The highest BCUT2D eigenvalue weighted by Crippen LogP contribution is 2.21. The minimum absolute atomic E-state index is 0.531. The molecule has 0 fully saturated rings. The minimum atomic E-state index is -0.608. The topological polar surface area (TPSA) is 47.3 Å². The normalized spacial score (nSPS) is 12.5. The number of para-hydroxylation sites is 2. The van der Waals surface area contributed by atoms with Gasteiger partial charge in [-0.1, -0.05) is 18.2 Å². The minimum Gasteiger partial charge on any atom is -0.492 e. The highest BCUT2D eigenvalue weighted by Gasteiger charge is 2.14. The predicted octanol–water partition coefficient (Wildman–Crippen LogP) is 3.79. The summed E-state index contributed by atoms with van der Waals surface area (Å²) in [5.41, 5.74) is 4.30. The molecule has 0 spiro atoms. The molecule has 0 bridgehead atoms. The maximum Gasteiger partial charge on any atom is 0.138 e. The van der Waals surface area contributed by atoms with Crippen LogP contribution in [-0.2, 0) is 6.54 Å². The Labute approximate surface area is 136 Å². The Balaban J connectivity index is 1.80. The summed E-state index contributed by atoms with van der Waals surface area (Å²) in [5, 5.41) is 9.97. The molecule has 0 saturated carbocycles. The summed E-state index contributed by atoms with van der Waals surface area (Å²) >= 11 is 0. The molecule has 0 amide bonds. The van der Waals surface area contributed by atoms with Gasteiger partial charge in [0.2, 0.25) is 0 Å². The van der Waals surface area contributed by atoms with Gasteiger partial charge in [-0.2, -0.15) is 0 Å². The number of fused-ring (bicyclic) bond motifs is 1. The lowest BCUT2D eigenvalue weighted by Gasteiger charge is -2.13. The molecule has 1 heterocycles. The van der Waals surface area contributed by atoms with E-state index in [1.165, 1.54) is 11.1 Å². The first-order valence-corrected chi connectivity index (χ1v) is 7.89. The lowest BCUT2D eigenvalue weighted by molar-refractivity contribution is 0.181. The van der Waals surface area contributed by atoms with Crippen molar-refractivity contribution in [1.82, 2.24) is 9.55 Å². The third-order valence-electron chi connectivity index (χ3n) is 3.84. The highest BCUT2D eigenvalue weighted by atomic mass is 16.5. The van der Waals surface area contributed by atoms with E-state index in [1.54, 1.807) is 6.92 Å². The van der Waals surface area contributed by atoms with Gasteiger partial charge in [0.05, 0.1) is 17.6 Å². The van der Waals surface area contributed by atoms with Crippen LogP contribution in [0.1, 0.15) is 30.0 Å². The number of aliphatic hydroxyl groups excluding tert-OH is 1. The fourth-order valence-electron chi connectivity index (χ4n) is 2.92. The van der Waals surface area contributed by atoms with Crippen LogP contribution in [0.25, 0.3) is 11.0 Å². The average Bonchev–Trinajstić information content (AvgIpc) is 2.86. The standard InChI is InChI=1S/C19H22N2O2/c1-13-10-14(2)12-16(11-13)23-9-8-21-18-7-5-4-6-17(18)20-19(21)15(3)22/h4-7,10-12,15,22H,8-9H2,1-3H3/t15-/m0/s1. The first-order valence-electron chi connectivity index (χ1n) is 7.89. The zero-order valence-corrected chi connectivity index (χ0v) is 13.8. The van der Waals surface area contributed by atoms with Crippen LogP contribution in [0.3, 0.4) is 0 Å². The molecule has 0 radical (unpaired) electrons. The summed E-state index contributed by atoms with van der Waals surface area (Å²) in [6.07, 6.45) is -0.608. The van der Waals surface area contributed by atoms with Crippen molar-refractivity contribution >= 4 is 11.0 Å². The monoisotopic (exact) mass is 310 g/mol. The maximum atomic E-state index is 9.97. The van der Waals surface area contributed by atoms with E-state index < -0.39 is 6.10 Å². The van der Waals surface area contributed by atoms with Gasteiger partial charge < -0.3 is 14.4 Å². The van der Waals surface area contributed by atoms with E-state index in [-0.39, 0.29) is 0 Å². The number of nitrogens with zero attached hydrogens (tertiary/aromatic N) is 2. The van der Waals surface area contributed by atoms with Crippen LogP contribution in [0.4, 0.5) is 0 Å². The molecule has 2 aromatic carbocycles. The molecule has 1 aromatic heterocycles. The molecular formula is C19H22N2O2. The highest BCUT2D eigenvalue weighted by molar-refractivity contribution is 5.76. The van der Waals surface area contributed by atoms with Crippen molar-refractivity contribution in [2.75, 3.05) is 6.61 Å². The van der Waals surface area contributed by atoms with Crippen LogP contribution in [0.5, 0.6) is 5.75 Å². The van der Waals surface area contributed by atoms with E-state index in [9.17, 15) is 5.11 Å². The first kappa shape index (κ1) is 15.6. The molecule has 3 rings (SSSR count). The van der Waals surface area contributed by atoms with E-state index in [0.29, 0.717) is 19.0 Å². The van der Waals surface area contributed by atoms with Crippen molar-refractivity contribution in [3.05, 3.63) is 59.4 Å². The van der Waals surface area contributed by atoms with Gasteiger partial charge in [-0.05, 0) is 56.2 Å². The zero-order chi connectivity index (χ0) is 16.4. The second-order valence-corrected chi connectivity index (χ2v) is 5.96. The molecule has 0 aliphatic rings. The van der Waals surface area contributed by atoms with Crippen LogP contribution in [0, 0.1) is 13.8 Å². The second-order valence-electron chi connectivity index (χ2n) is 5.96. The molecule has 120 valence electrons. The van der Waals surface area contributed by atoms with Crippen LogP contribution in [0.15, 0.2) is 42.5 Å². The summed E-state index contributed by atoms with van der Waals surface area (Å²) in [5.74, 6) is 1.56. The van der Waals surface area contributed by atoms with Crippen molar-refractivity contribution in [2.24, 2.45) is 0 Å². The van der Waals surface area contributed by atoms with Gasteiger partial charge in [0.25, 0.3) is 0 Å². The molecule has 23 heavy (non-hydrogen) atoms. The van der Waals surface area contributed by atoms with Crippen LogP contribution in [0.2, 0.25) is 0 Å². The van der Waals surface area contributed by atoms with Crippen molar-refractivity contribution in [2.45, 2.75) is 33.4 Å². The Bertz CT molecular complexity index is 801. The first-order chi connectivity index (χ1) is 11.0. The summed E-state index contributed by atoms with van der Waals surface area (Å²) < 4.78 is 7.92. The molecule has 0 aliphatic carbocycles. The van der Waals surface area contributed by atoms with E-state index in [0.717, 1.165) is 16.8 Å². The maximum absolute atomic E-state index is 9.97. The molecule has 1 N–H and O–H groups in total. The number of hydrogen-bond donors (Lipinski definition) is 1. The van der Waals surface area contributed by atoms with Crippen molar-refractivity contribution in [3.63, 3.8) is 0 Å². The summed E-state index contributed by atoms with van der Waals surface area (Å²) in [7, 11) is 0. The van der Waals surface area contributed by atoms with Gasteiger partial charge >= 0.3 is 0 Å². The molecular weight excluding hydrogens is 288 g/mol. The number of ether oxygens (including phenoxy) is 1. The molecule has 1 atom stereocenters. The third-order valence-corrected chi connectivity index (χ3v) is 3.84. The third kappa shape index (κ3) is 3.37. The Morgan fingerprint density at radius 1 is 1.13 bits per heavy atom. The van der Waals surface area contributed by atoms with E-state index in [4.69, 9.17) is 4.74 Å². The SMILES string of the molecule is Cc1cc(C)cc(OCCn2c([C@H](C)O)nc3ccccc32)c1. The van der Waals surface area contributed by atoms with Crippen molar-refractivity contribution in [3.8, 4) is 5.75 Å². The molecule has 4 heteroatoms. The van der Waals surface area contributed by atoms with Gasteiger partial charge in [-0.3, -0.25) is 0 Å². The van der Waals surface area contributed by atoms with E-state index >= 15 is 0 Å². The molecule has 0 aliphatic heterocycles. The number of aryl methyl sites for hydroxylation is 2. The van der Waals surface area contributed by atoms with Gasteiger partial charge in [0, 0.05) is 0 Å². The summed E-state index contributed by atoms with van der Waals surface area (Å²) in [6, 6.07) is 14.1. The lowest BCUT2D eigenvalue weighted by Crippen LogP contribution is -2.13. The van der Waals surface area contributed by atoms with E-state index in [1.807, 2.05) is 41.0 Å². The molecule has 3 aromatic rings. The molecule has 0 unspecified atom stereocenters. The number of rotatable bonds is 5. The summed E-state index contributed by atoms with van der Waals surface area (Å²) in [4.78, 5) is 4.52. The fraction of sp³-hybridized carbons (Fsp3) is 0.316. The number of hydrogen-bond acceptors (Lipinski definition) is 3. The largest absolute Gasteiger partial charge is 0.492 e. The van der Waals surface area contributed by atoms with Crippen molar-refractivity contribution < 1.29 is 9.84 Å². The molecule has 0 saturated heterocycles. The van der Waals surface area contributed by atoms with Crippen molar-refractivity contribution in [1.29, 1.82) is 0 Å². The smallest absolute Gasteiger partial charge is 0.138 e. The second kappa shape index (κ2) is 6.42. The summed E-state index contributed by atoms with van der Waals surface area (Å²) in [6.45, 7) is 7.04. The Morgan fingerprint density at radius 2 is 1.83 bits per heavy atom. The molecule has 4 nitrogen and oxygen atoms in total. The predicted molar refractivity (Wildman–Crippen MR) is 91.8 cm³/mol. The number of benzene rings is 2. The van der Waals surface area contributed by atoms with Crippen LogP contribution >= 0.6 is 0 Å². The Hall–Kier alpha value is -2.33.